The van der Waals surface area contributed by atoms with Gasteiger partial charge in [-0.3, -0.25) is 9.69 Å². The van der Waals surface area contributed by atoms with Gasteiger partial charge in [0, 0.05) is 44.3 Å². The molecule has 0 radical (unpaired) electrons. The van der Waals surface area contributed by atoms with Gasteiger partial charge < -0.3 is 10.2 Å². The summed E-state index contributed by atoms with van der Waals surface area (Å²) in [5.41, 5.74) is -0.435. The van der Waals surface area contributed by atoms with E-state index < -0.39 is 5.54 Å². The van der Waals surface area contributed by atoms with E-state index in [1.165, 1.54) is 4.88 Å². The normalized spacial score (nSPS) is 19.8. The third-order valence-electron chi connectivity index (χ3n) is 3.59. The van der Waals surface area contributed by atoms with Crippen LogP contribution in [0.25, 0.3) is 0 Å². The number of piperazine rings is 1. The van der Waals surface area contributed by atoms with Gasteiger partial charge in [0.2, 0.25) is 5.91 Å². The van der Waals surface area contributed by atoms with Crippen LogP contribution in [0.4, 0.5) is 5.13 Å². The summed E-state index contributed by atoms with van der Waals surface area (Å²) >= 11 is 1.67. The van der Waals surface area contributed by atoms with Crippen molar-refractivity contribution in [2.45, 2.75) is 32.9 Å². The number of anilines is 1. The Balaban J connectivity index is 2.07. The summed E-state index contributed by atoms with van der Waals surface area (Å²) in [5, 5.41) is 4.17. The molecule has 19 heavy (non-hydrogen) atoms. The molecule has 0 aliphatic carbocycles. The molecule has 1 aliphatic rings. The van der Waals surface area contributed by atoms with Crippen molar-refractivity contribution < 1.29 is 4.79 Å². The van der Waals surface area contributed by atoms with Crippen LogP contribution in [0.5, 0.6) is 0 Å². The van der Waals surface area contributed by atoms with Gasteiger partial charge in [-0.05, 0) is 20.8 Å². The van der Waals surface area contributed by atoms with Gasteiger partial charge >= 0.3 is 0 Å². The number of rotatable bonds is 4. The average molecular weight is 282 g/mol. The van der Waals surface area contributed by atoms with E-state index in [4.69, 9.17) is 0 Å². The van der Waals surface area contributed by atoms with Gasteiger partial charge in [0.25, 0.3) is 0 Å². The number of likely N-dealkylation sites (N-methyl/N-ethyl adjacent to an activating group) is 1. The number of carbonyl (C=O) groups excluding carboxylic acids is 1. The van der Waals surface area contributed by atoms with Gasteiger partial charge in [-0.1, -0.05) is 0 Å². The van der Waals surface area contributed by atoms with Crippen LogP contribution in [0, 0.1) is 0 Å². The first-order valence-electron chi connectivity index (χ1n) is 6.64. The molecule has 1 N–H and O–H groups in total. The molecule has 106 valence electrons. The number of hydrogen-bond acceptors (Lipinski definition) is 5. The van der Waals surface area contributed by atoms with Crippen LogP contribution < -0.4 is 5.32 Å². The number of aromatic nitrogens is 1. The third kappa shape index (κ3) is 2.90. The van der Waals surface area contributed by atoms with Gasteiger partial charge in [-0.15, -0.1) is 11.3 Å². The summed E-state index contributed by atoms with van der Waals surface area (Å²) < 4.78 is 0. The Bertz CT molecular complexity index is 457. The van der Waals surface area contributed by atoms with Crippen LogP contribution in [0.15, 0.2) is 6.20 Å². The summed E-state index contributed by atoms with van der Waals surface area (Å²) in [6, 6.07) is 0. The van der Waals surface area contributed by atoms with Gasteiger partial charge in [0.15, 0.2) is 5.13 Å². The maximum atomic E-state index is 12.2. The predicted molar refractivity (Wildman–Crippen MR) is 78.4 cm³/mol. The van der Waals surface area contributed by atoms with Crippen molar-refractivity contribution in [3.63, 3.8) is 0 Å². The molecular formula is C13H22N4OS. The Morgan fingerprint density at radius 3 is 2.89 bits per heavy atom. The maximum absolute atomic E-state index is 12.2. The largest absolute Gasteiger partial charge is 0.362 e. The molecule has 0 spiro atoms. The zero-order valence-corrected chi connectivity index (χ0v) is 12.9. The van der Waals surface area contributed by atoms with Crippen molar-refractivity contribution in [2.75, 3.05) is 32.0 Å². The molecule has 1 aliphatic heterocycles. The van der Waals surface area contributed by atoms with Crippen molar-refractivity contribution in [3.05, 3.63) is 11.1 Å². The van der Waals surface area contributed by atoms with Crippen molar-refractivity contribution >= 4 is 22.4 Å². The van der Waals surface area contributed by atoms with Crippen molar-refractivity contribution in [1.82, 2.24) is 14.8 Å². The number of nitrogens with one attached hydrogen (secondary N) is 1. The molecule has 0 atom stereocenters. The van der Waals surface area contributed by atoms with Crippen LogP contribution in [0.2, 0.25) is 0 Å². The Morgan fingerprint density at radius 1 is 1.47 bits per heavy atom. The Hall–Kier alpha value is -1.14. The average Bonchev–Trinajstić information content (AvgIpc) is 2.79. The lowest BCUT2D eigenvalue weighted by Gasteiger charge is -2.44. The molecule has 1 saturated heterocycles. The molecule has 0 unspecified atom stereocenters. The smallest absolute Gasteiger partial charge is 0.242 e. The van der Waals surface area contributed by atoms with E-state index in [1.807, 2.05) is 32.0 Å². The van der Waals surface area contributed by atoms with E-state index in [0.717, 1.165) is 31.3 Å². The zero-order valence-electron chi connectivity index (χ0n) is 12.1. The molecule has 0 bridgehead atoms. The Labute approximate surface area is 118 Å². The van der Waals surface area contributed by atoms with Crippen LogP contribution in [-0.2, 0) is 11.3 Å². The summed E-state index contributed by atoms with van der Waals surface area (Å²) in [5.74, 6) is 0.190. The first-order valence-corrected chi connectivity index (χ1v) is 7.46. The van der Waals surface area contributed by atoms with E-state index in [0.29, 0.717) is 0 Å². The van der Waals surface area contributed by atoms with Crippen molar-refractivity contribution in [3.8, 4) is 0 Å². The van der Waals surface area contributed by atoms with Crippen molar-refractivity contribution in [2.24, 2.45) is 0 Å². The molecule has 1 aromatic heterocycles. The second-order valence-corrected chi connectivity index (χ2v) is 6.48. The van der Waals surface area contributed by atoms with E-state index in [1.54, 1.807) is 11.3 Å². The van der Waals surface area contributed by atoms with E-state index in [-0.39, 0.29) is 5.91 Å². The van der Waals surface area contributed by atoms with Crippen LogP contribution in [-0.4, -0.2) is 52.9 Å². The topological polar surface area (TPSA) is 48.5 Å². The summed E-state index contributed by atoms with van der Waals surface area (Å²) in [6.45, 7) is 9.42. The number of nitrogens with zero attached hydrogens (tertiary/aromatic N) is 3. The minimum Gasteiger partial charge on any atom is -0.362 e. The van der Waals surface area contributed by atoms with Crippen LogP contribution in [0.3, 0.4) is 0 Å². The molecule has 6 heteroatoms. The monoisotopic (exact) mass is 282 g/mol. The number of thiazole rings is 1. The highest BCUT2D eigenvalue weighted by atomic mass is 32.1. The highest BCUT2D eigenvalue weighted by Gasteiger charge is 2.40. The van der Waals surface area contributed by atoms with Gasteiger partial charge in [0.05, 0.1) is 5.54 Å². The third-order valence-corrected chi connectivity index (χ3v) is 4.53. The molecule has 1 fully saturated rings. The second kappa shape index (κ2) is 5.46. The first kappa shape index (κ1) is 14.3. The fourth-order valence-electron chi connectivity index (χ4n) is 2.33. The minimum absolute atomic E-state index is 0.190. The molecule has 1 aromatic rings. The molecule has 0 aromatic carbocycles. The molecule has 2 rings (SSSR count). The fraction of sp³-hybridized carbons (Fsp3) is 0.692. The summed E-state index contributed by atoms with van der Waals surface area (Å²) in [4.78, 5) is 21.8. The standard InChI is InChI=1S/C13H22N4OS/c1-5-14-12-15-8-10(19-12)9-17-7-6-16(4)11(18)13(17,2)3/h8H,5-7,9H2,1-4H3,(H,14,15). The molecule has 5 nitrogen and oxygen atoms in total. The highest BCUT2D eigenvalue weighted by molar-refractivity contribution is 7.15. The summed E-state index contributed by atoms with van der Waals surface area (Å²) in [7, 11) is 1.87. The van der Waals surface area contributed by atoms with Gasteiger partial charge in [-0.2, -0.15) is 0 Å². The van der Waals surface area contributed by atoms with Crippen LogP contribution >= 0.6 is 11.3 Å². The van der Waals surface area contributed by atoms with E-state index >= 15 is 0 Å². The second-order valence-electron chi connectivity index (χ2n) is 5.37. The van der Waals surface area contributed by atoms with E-state index in [9.17, 15) is 4.79 Å². The zero-order chi connectivity index (χ0) is 14.0. The summed E-state index contributed by atoms with van der Waals surface area (Å²) in [6.07, 6.45) is 1.90. The Morgan fingerprint density at radius 2 is 2.21 bits per heavy atom. The van der Waals surface area contributed by atoms with E-state index in [2.05, 4.69) is 22.1 Å². The van der Waals surface area contributed by atoms with Gasteiger partial charge in [-0.25, -0.2) is 4.98 Å². The lowest BCUT2D eigenvalue weighted by Crippen LogP contribution is -2.61. The first-order chi connectivity index (χ1) is 8.95. The fourth-order valence-corrected chi connectivity index (χ4v) is 3.23. The Kier molecular flexibility index (Phi) is 4.10. The SMILES string of the molecule is CCNc1ncc(CN2CCN(C)C(=O)C2(C)C)s1. The molecular weight excluding hydrogens is 260 g/mol. The molecule has 0 saturated carbocycles. The molecule has 1 amide bonds. The molecule has 2 heterocycles. The number of carbonyl (C=O) groups is 1. The van der Waals surface area contributed by atoms with Crippen molar-refractivity contribution in [1.29, 1.82) is 0 Å². The lowest BCUT2D eigenvalue weighted by molar-refractivity contribution is -0.147. The lowest BCUT2D eigenvalue weighted by atomic mass is 9.98. The highest BCUT2D eigenvalue weighted by Crippen LogP contribution is 2.26. The minimum atomic E-state index is -0.435. The maximum Gasteiger partial charge on any atom is 0.242 e. The number of amides is 1. The number of hydrogen-bond donors (Lipinski definition) is 1. The predicted octanol–water partition coefficient (Wildman–Crippen LogP) is 1.63. The van der Waals surface area contributed by atoms with Gasteiger partial charge in [0.1, 0.15) is 0 Å². The van der Waals surface area contributed by atoms with Crippen LogP contribution in [0.1, 0.15) is 25.6 Å². The quantitative estimate of drug-likeness (QED) is 0.912.